The van der Waals surface area contributed by atoms with Gasteiger partial charge in [0.2, 0.25) is 0 Å². The van der Waals surface area contributed by atoms with Crippen molar-refractivity contribution in [3.05, 3.63) is 0 Å². The fourth-order valence-electron chi connectivity index (χ4n) is 0.294. The average Bonchev–Trinajstić information content (AvgIpc) is 1.98. The van der Waals surface area contributed by atoms with Gasteiger partial charge < -0.3 is 0 Å². The van der Waals surface area contributed by atoms with E-state index in [2.05, 4.69) is 23.7 Å². The van der Waals surface area contributed by atoms with Gasteiger partial charge in [-0.2, -0.15) is 0 Å². The lowest BCUT2D eigenvalue weighted by Gasteiger charge is -1.88. The summed E-state index contributed by atoms with van der Waals surface area (Å²) in [5.41, 5.74) is 0. The van der Waals surface area contributed by atoms with Crippen molar-refractivity contribution in [1.82, 2.24) is 0 Å². The second kappa shape index (κ2) is 6.81. The van der Waals surface area contributed by atoms with Crippen molar-refractivity contribution in [2.75, 3.05) is 5.88 Å². The second-order valence-corrected chi connectivity index (χ2v) is 2.37. The van der Waals surface area contributed by atoms with Crippen LogP contribution in [0, 0.1) is 23.7 Å². The molecule has 0 N–H and O–H groups in total. The van der Waals surface area contributed by atoms with Crippen LogP contribution in [0.5, 0.6) is 0 Å². The van der Waals surface area contributed by atoms with Gasteiger partial charge in [-0.05, 0) is 18.3 Å². The first-order valence-electron chi connectivity index (χ1n) is 2.99. The van der Waals surface area contributed by atoms with Crippen LogP contribution in [0.2, 0.25) is 0 Å². The van der Waals surface area contributed by atoms with Crippen molar-refractivity contribution in [2.45, 2.75) is 18.7 Å². The Morgan fingerprint density at radius 3 is 2.60 bits per heavy atom. The summed E-state index contributed by atoms with van der Waals surface area (Å²) in [4.78, 5) is 0. The molecule has 0 amide bonds. The Kier molecular flexibility index (Phi) is 6.61. The molecule has 0 spiro atoms. The number of halogens is 2. The number of hydrogen-bond donors (Lipinski definition) is 0. The van der Waals surface area contributed by atoms with Crippen LogP contribution in [0.4, 0.5) is 0 Å². The van der Waals surface area contributed by atoms with Crippen LogP contribution in [-0.2, 0) is 0 Å². The molecule has 10 heavy (non-hydrogen) atoms. The summed E-state index contributed by atoms with van der Waals surface area (Å²) in [6.45, 7) is 1.97. The van der Waals surface area contributed by atoms with Crippen LogP contribution in [-0.4, -0.2) is 11.3 Å². The summed E-state index contributed by atoms with van der Waals surface area (Å²) in [6, 6.07) is 0. The summed E-state index contributed by atoms with van der Waals surface area (Å²) in [7, 11) is 0. The Balaban J connectivity index is 3.68. The smallest absolute Gasteiger partial charge is 0.0950 e. The van der Waals surface area contributed by atoms with Crippen molar-refractivity contribution < 1.29 is 0 Å². The van der Waals surface area contributed by atoms with E-state index in [9.17, 15) is 0 Å². The van der Waals surface area contributed by atoms with Gasteiger partial charge in [0.15, 0.2) is 0 Å². The Hall–Kier alpha value is -0.300. The van der Waals surface area contributed by atoms with Crippen molar-refractivity contribution in [2.24, 2.45) is 0 Å². The maximum Gasteiger partial charge on any atom is 0.0950 e. The van der Waals surface area contributed by atoms with E-state index < -0.39 is 0 Å². The molecule has 0 saturated carbocycles. The molecule has 0 aliphatic rings. The summed E-state index contributed by atoms with van der Waals surface area (Å²) in [6.07, 6.45) is 0.844. The zero-order valence-corrected chi connectivity index (χ0v) is 7.26. The van der Waals surface area contributed by atoms with Gasteiger partial charge in [0.25, 0.3) is 0 Å². The van der Waals surface area contributed by atoms with E-state index in [1.807, 2.05) is 6.92 Å². The maximum absolute atomic E-state index is 5.67. The molecule has 0 nitrogen and oxygen atoms in total. The SMILES string of the molecule is CCC(Cl)C#CC#CCCl. The van der Waals surface area contributed by atoms with E-state index in [0.29, 0.717) is 5.88 Å². The molecule has 0 aromatic heterocycles. The van der Waals surface area contributed by atoms with Crippen molar-refractivity contribution in [3.8, 4) is 23.7 Å². The number of alkyl halides is 2. The van der Waals surface area contributed by atoms with E-state index in [1.54, 1.807) is 0 Å². The third kappa shape index (κ3) is 5.83. The average molecular weight is 175 g/mol. The van der Waals surface area contributed by atoms with E-state index in [4.69, 9.17) is 23.2 Å². The zero-order valence-electron chi connectivity index (χ0n) is 5.75. The monoisotopic (exact) mass is 174 g/mol. The predicted octanol–water partition coefficient (Wildman–Crippen LogP) is 2.25. The van der Waals surface area contributed by atoms with Gasteiger partial charge in [0, 0.05) is 0 Å². The fraction of sp³-hybridized carbons (Fsp3) is 0.500. The fourth-order valence-corrected chi connectivity index (χ4v) is 0.415. The molecule has 0 aliphatic heterocycles. The minimum absolute atomic E-state index is 0.0791. The Morgan fingerprint density at radius 2 is 2.10 bits per heavy atom. The molecule has 0 aromatic rings. The summed E-state index contributed by atoms with van der Waals surface area (Å²) in [5.74, 6) is 10.9. The number of hydrogen-bond acceptors (Lipinski definition) is 0. The third-order valence-electron chi connectivity index (χ3n) is 0.805. The molecular formula is C8H8Cl2. The van der Waals surface area contributed by atoms with Gasteiger partial charge in [-0.1, -0.05) is 18.8 Å². The minimum atomic E-state index is -0.0791. The summed E-state index contributed by atoms with van der Waals surface area (Å²) >= 11 is 10.9. The molecule has 0 radical (unpaired) electrons. The first-order valence-corrected chi connectivity index (χ1v) is 3.96. The van der Waals surface area contributed by atoms with Crippen LogP contribution >= 0.6 is 23.2 Å². The lowest BCUT2D eigenvalue weighted by molar-refractivity contribution is 0.991. The molecule has 0 bridgehead atoms. The van der Waals surface area contributed by atoms with Crippen molar-refractivity contribution in [3.63, 3.8) is 0 Å². The molecule has 0 rings (SSSR count). The molecule has 0 fully saturated rings. The van der Waals surface area contributed by atoms with Gasteiger partial charge in [-0.3, -0.25) is 0 Å². The third-order valence-corrected chi connectivity index (χ3v) is 1.36. The van der Waals surface area contributed by atoms with Crippen LogP contribution < -0.4 is 0 Å². The highest BCUT2D eigenvalue weighted by Crippen LogP contribution is 1.96. The second-order valence-electron chi connectivity index (χ2n) is 1.58. The van der Waals surface area contributed by atoms with Crippen LogP contribution in [0.3, 0.4) is 0 Å². The first kappa shape index (κ1) is 9.70. The molecule has 0 saturated heterocycles. The first-order chi connectivity index (χ1) is 4.81. The molecule has 0 aliphatic carbocycles. The highest BCUT2D eigenvalue weighted by atomic mass is 35.5. The Bertz CT molecular complexity index is 187. The highest BCUT2D eigenvalue weighted by molar-refractivity contribution is 6.22. The van der Waals surface area contributed by atoms with E-state index in [-0.39, 0.29) is 5.38 Å². The van der Waals surface area contributed by atoms with Gasteiger partial charge in [-0.15, -0.1) is 23.2 Å². The molecule has 1 unspecified atom stereocenters. The predicted molar refractivity (Wildman–Crippen MR) is 46.2 cm³/mol. The minimum Gasteiger partial charge on any atom is -0.113 e. The van der Waals surface area contributed by atoms with Gasteiger partial charge >= 0.3 is 0 Å². The lowest BCUT2D eigenvalue weighted by Crippen LogP contribution is -1.87. The van der Waals surface area contributed by atoms with Crippen molar-refractivity contribution >= 4 is 23.2 Å². The molecule has 1 atom stereocenters. The van der Waals surface area contributed by atoms with Crippen LogP contribution in [0.1, 0.15) is 13.3 Å². The molecule has 0 heterocycles. The largest absolute Gasteiger partial charge is 0.113 e. The van der Waals surface area contributed by atoms with E-state index in [1.165, 1.54) is 0 Å². The van der Waals surface area contributed by atoms with Gasteiger partial charge in [0.1, 0.15) is 0 Å². The van der Waals surface area contributed by atoms with Crippen molar-refractivity contribution in [1.29, 1.82) is 0 Å². The van der Waals surface area contributed by atoms with E-state index in [0.717, 1.165) is 6.42 Å². The molecule has 0 aromatic carbocycles. The maximum atomic E-state index is 5.67. The standard InChI is InChI=1S/C8H8Cl2/c1-2-8(10)6-4-3-5-7-9/h8H,2,7H2,1H3. The lowest BCUT2D eigenvalue weighted by atomic mass is 10.3. The molecule has 2 heteroatoms. The topological polar surface area (TPSA) is 0 Å². The molecule has 54 valence electrons. The van der Waals surface area contributed by atoms with Crippen LogP contribution in [0.15, 0.2) is 0 Å². The quantitative estimate of drug-likeness (QED) is 0.423. The summed E-state index contributed by atoms with van der Waals surface area (Å²) < 4.78 is 0. The van der Waals surface area contributed by atoms with Gasteiger partial charge in [0.05, 0.1) is 11.3 Å². The van der Waals surface area contributed by atoms with E-state index >= 15 is 0 Å². The molecular weight excluding hydrogens is 167 g/mol. The Morgan fingerprint density at radius 1 is 1.40 bits per heavy atom. The summed E-state index contributed by atoms with van der Waals surface area (Å²) in [5, 5.41) is -0.0791. The Labute approximate surface area is 71.9 Å². The number of rotatable bonds is 1. The zero-order chi connectivity index (χ0) is 7.82. The van der Waals surface area contributed by atoms with Gasteiger partial charge in [-0.25, -0.2) is 0 Å². The normalized spacial score (nSPS) is 10.3. The van der Waals surface area contributed by atoms with Crippen LogP contribution in [0.25, 0.3) is 0 Å². The highest BCUT2D eigenvalue weighted by Gasteiger charge is 1.90.